The number of rotatable bonds is 8. The summed E-state index contributed by atoms with van der Waals surface area (Å²) in [7, 11) is 1.59. The third kappa shape index (κ3) is 7.66. The summed E-state index contributed by atoms with van der Waals surface area (Å²) in [5, 5.41) is 6.00. The van der Waals surface area contributed by atoms with Gasteiger partial charge in [0.25, 0.3) is 5.91 Å². The maximum absolute atomic E-state index is 13.8. The average Bonchev–Trinajstić information content (AvgIpc) is 2.96. The molecule has 2 aromatic heterocycles. The molecule has 1 aliphatic rings. The summed E-state index contributed by atoms with van der Waals surface area (Å²) in [4.78, 5) is 63.7. The number of halogens is 1. The van der Waals surface area contributed by atoms with Crippen LogP contribution < -0.4 is 15.5 Å². The van der Waals surface area contributed by atoms with Crippen molar-refractivity contribution in [2.75, 3.05) is 17.3 Å². The average molecular weight is 607 g/mol. The van der Waals surface area contributed by atoms with Crippen LogP contribution in [0, 0.1) is 5.92 Å². The Morgan fingerprint density at radius 1 is 1.09 bits per heavy atom. The van der Waals surface area contributed by atoms with E-state index in [0.717, 1.165) is 10.5 Å². The third-order valence-corrected chi connectivity index (χ3v) is 7.17. The van der Waals surface area contributed by atoms with Crippen molar-refractivity contribution < 1.29 is 23.9 Å². The fourth-order valence-corrected chi connectivity index (χ4v) is 5.04. The van der Waals surface area contributed by atoms with Gasteiger partial charge in [-0.2, -0.15) is 0 Å². The maximum atomic E-state index is 13.8. The van der Waals surface area contributed by atoms with Crippen molar-refractivity contribution in [2.45, 2.75) is 58.2 Å². The number of carbonyl (C=O) groups is 4. The normalized spacial score (nSPS) is 17.0. The van der Waals surface area contributed by atoms with Crippen LogP contribution in [0.5, 0.6) is 0 Å². The van der Waals surface area contributed by atoms with E-state index in [1.165, 1.54) is 11.1 Å². The lowest BCUT2D eigenvalue weighted by atomic mass is 9.81. The molecular weight excluding hydrogens is 572 g/mol. The monoisotopic (exact) mass is 606 g/mol. The minimum atomic E-state index is -1.07. The van der Waals surface area contributed by atoms with Gasteiger partial charge in [-0.25, -0.2) is 14.6 Å². The number of nitrogens with one attached hydrogen (secondary N) is 2. The quantitative estimate of drug-likeness (QED) is 0.329. The molecule has 3 aromatic rings. The highest BCUT2D eigenvalue weighted by atomic mass is 35.5. The molecule has 3 atom stereocenters. The van der Waals surface area contributed by atoms with E-state index in [9.17, 15) is 19.2 Å². The number of urea groups is 1. The highest BCUT2D eigenvalue weighted by Crippen LogP contribution is 2.34. The van der Waals surface area contributed by atoms with Crippen molar-refractivity contribution >= 4 is 47.0 Å². The number of β-lactam (4-membered cyclic amide) rings is 1. The zero-order chi connectivity index (χ0) is 31.3. The number of hydrogen-bond acceptors (Lipinski definition) is 7. The Kier molecular flexibility index (Phi) is 9.65. The number of likely N-dealkylation sites (tertiary alicyclic amines) is 1. The standard InChI is InChI=1S/C31H35ClN6O5/c1-6-24(20-8-7-9-21(32)18-20)35-29(41)38-26(28(40)37(5)22-11-13-33-14-12-22)23(27(38)39)16-19-10-15-34-25(17-19)36-30(42)43-31(2,3)4/h7-15,17-18,23-24,26H,6,16H2,1-5H3,(H,35,41)(H,34,36,42)/t23?,24-,26+/m1/s1. The lowest BCUT2D eigenvalue weighted by molar-refractivity contribution is -0.156. The van der Waals surface area contributed by atoms with Gasteiger partial charge in [0.1, 0.15) is 17.5 Å². The molecular formula is C31H35ClN6O5. The number of anilines is 2. The smallest absolute Gasteiger partial charge is 0.413 e. The van der Waals surface area contributed by atoms with Gasteiger partial charge in [0, 0.05) is 36.3 Å². The highest BCUT2D eigenvalue weighted by Gasteiger charge is 2.55. The van der Waals surface area contributed by atoms with Crippen LogP contribution in [0.15, 0.2) is 67.1 Å². The number of imide groups is 1. The van der Waals surface area contributed by atoms with Crippen molar-refractivity contribution in [1.82, 2.24) is 20.2 Å². The predicted octanol–water partition coefficient (Wildman–Crippen LogP) is 5.37. The Morgan fingerprint density at radius 3 is 2.47 bits per heavy atom. The number of amides is 5. The number of pyridine rings is 2. The van der Waals surface area contributed by atoms with Crippen molar-refractivity contribution in [3.63, 3.8) is 0 Å². The van der Waals surface area contributed by atoms with E-state index in [4.69, 9.17) is 16.3 Å². The first-order valence-electron chi connectivity index (χ1n) is 13.9. The molecule has 1 aromatic carbocycles. The zero-order valence-electron chi connectivity index (χ0n) is 24.7. The van der Waals surface area contributed by atoms with Crippen molar-refractivity contribution in [3.8, 4) is 0 Å². The summed E-state index contributed by atoms with van der Waals surface area (Å²) in [5.74, 6) is -1.51. The van der Waals surface area contributed by atoms with Gasteiger partial charge in [-0.15, -0.1) is 0 Å². The summed E-state index contributed by atoms with van der Waals surface area (Å²) >= 11 is 6.16. The molecule has 1 aliphatic heterocycles. The van der Waals surface area contributed by atoms with Crippen molar-refractivity contribution in [2.24, 2.45) is 5.92 Å². The Hall–Kier alpha value is -4.51. The molecule has 1 saturated heterocycles. The van der Waals surface area contributed by atoms with Gasteiger partial charge in [0.05, 0.1) is 12.0 Å². The van der Waals surface area contributed by atoms with Crippen LogP contribution in [0.2, 0.25) is 5.02 Å². The fourth-order valence-electron chi connectivity index (χ4n) is 4.84. The number of aromatic nitrogens is 2. The van der Waals surface area contributed by atoms with E-state index in [1.807, 2.05) is 13.0 Å². The van der Waals surface area contributed by atoms with Crippen LogP contribution in [0.25, 0.3) is 0 Å². The highest BCUT2D eigenvalue weighted by molar-refractivity contribution is 6.30. The Labute approximate surface area is 255 Å². The van der Waals surface area contributed by atoms with Gasteiger partial charge in [-0.3, -0.25) is 24.8 Å². The molecule has 12 heteroatoms. The molecule has 5 amide bonds. The second-order valence-corrected chi connectivity index (χ2v) is 11.6. The van der Waals surface area contributed by atoms with Gasteiger partial charge < -0.3 is 15.0 Å². The van der Waals surface area contributed by atoms with Crippen LogP contribution >= 0.6 is 11.6 Å². The Bertz CT molecular complexity index is 1500. The molecule has 1 unspecified atom stereocenters. The number of benzene rings is 1. The summed E-state index contributed by atoms with van der Waals surface area (Å²) in [6.07, 6.45) is 4.61. The van der Waals surface area contributed by atoms with Crippen LogP contribution in [0.3, 0.4) is 0 Å². The molecule has 11 nitrogen and oxygen atoms in total. The molecule has 0 aliphatic carbocycles. The van der Waals surface area contributed by atoms with Gasteiger partial charge in [-0.1, -0.05) is 30.7 Å². The van der Waals surface area contributed by atoms with Crippen LogP contribution in [0.4, 0.5) is 21.1 Å². The first-order valence-corrected chi connectivity index (χ1v) is 14.3. The topological polar surface area (TPSA) is 134 Å². The van der Waals surface area contributed by atoms with E-state index < -0.39 is 47.5 Å². The molecule has 4 rings (SSSR count). The first-order chi connectivity index (χ1) is 20.4. The largest absolute Gasteiger partial charge is 0.444 e. The number of hydrogen-bond donors (Lipinski definition) is 2. The van der Waals surface area contributed by atoms with E-state index >= 15 is 0 Å². The SMILES string of the molecule is CC[C@@H](NC(=O)N1C(=O)C(Cc2ccnc(NC(=O)OC(C)(C)C)c2)[C@H]1C(=O)N(C)c1ccncc1)c1cccc(Cl)c1. The molecule has 2 N–H and O–H groups in total. The third-order valence-electron chi connectivity index (χ3n) is 6.93. The molecule has 43 heavy (non-hydrogen) atoms. The van der Waals surface area contributed by atoms with Crippen molar-refractivity contribution in [1.29, 1.82) is 0 Å². The maximum Gasteiger partial charge on any atom is 0.413 e. The number of carbonyl (C=O) groups excluding carboxylic acids is 4. The predicted molar refractivity (Wildman–Crippen MR) is 163 cm³/mol. The van der Waals surface area contributed by atoms with Crippen LogP contribution in [-0.2, 0) is 20.7 Å². The Morgan fingerprint density at radius 2 is 1.81 bits per heavy atom. The molecule has 0 bridgehead atoms. The minimum absolute atomic E-state index is 0.139. The van der Waals surface area contributed by atoms with Gasteiger partial charge in [-0.05, 0) is 81.1 Å². The zero-order valence-corrected chi connectivity index (χ0v) is 25.5. The van der Waals surface area contributed by atoms with Gasteiger partial charge in [0.15, 0.2) is 0 Å². The molecule has 226 valence electrons. The number of nitrogens with zero attached hydrogens (tertiary/aromatic N) is 4. The first kappa shape index (κ1) is 31.4. The summed E-state index contributed by atoms with van der Waals surface area (Å²) in [6, 6.07) is 11.6. The summed E-state index contributed by atoms with van der Waals surface area (Å²) < 4.78 is 5.29. The van der Waals surface area contributed by atoms with E-state index in [0.29, 0.717) is 22.7 Å². The fraction of sp³-hybridized carbons (Fsp3) is 0.355. The van der Waals surface area contributed by atoms with E-state index in [-0.39, 0.29) is 12.2 Å². The summed E-state index contributed by atoms with van der Waals surface area (Å²) in [5.41, 5.74) is 1.31. The molecule has 0 spiro atoms. The van der Waals surface area contributed by atoms with E-state index in [2.05, 4.69) is 20.6 Å². The second-order valence-electron chi connectivity index (χ2n) is 11.2. The van der Waals surface area contributed by atoms with Crippen molar-refractivity contribution in [3.05, 3.63) is 83.3 Å². The van der Waals surface area contributed by atoms with Gasteiger partial charge >= 0.3 is 12.1 Å². The Balaban J connectivity index is 1.57. The lowest BCUT2D eigenvalue weighted by Crippen LogP contribution is -2.70. The molecule has 3 heterocycles. The molecule has 0 radical (unpaired) electrons. The number of ether oxygens (including phenoxy) is 1. The molecule has 0 saturated carbocycles. The number of likely N-dealkylation sites (N-methyl/N-ethyl adjacent to an activating group) is 1. The minimum Gasteiger partial charge on any atom is -0.444 e. The van der Waals surface area contributed by atoms with E-state index in [1.54, 1.807) is 82.7 Å². The summed E-state index contributed by atoms with van der Waals surface area (Å²) in [6.45, 7) is 7.15. The van der Waals surface area contributed by atoms with Gasteiger partial charge in [0.2, 0.25) is 5.91 Å². The van der Waals surface area contributed by atoms with Crippen LogP contribution in [0.1, 0.15) is 51.3 Å². The second kappa shape index (κ2) is 13.2. The lowest BCUT2D eigenvalue weighted by Gasteiger charge is -2.46. The van der Waals surface area contributed by atoms with Crippen LogP contribution in [-0.4, -0.2) is 57.5 Å². The molecule has 1 fully saturated rings.